The molecule has 0 heterocycles. The molecule has 0 aliphatic rings. The van der Waals surface area contributed by atoms with Crippen molar-refractivity contribution < 1.29 is 0 Å². The lowest BCUT2D eigenvalue weighted by molar-refractivity contribution is 1.60. The van der Waals surface area contributed by atoms with Gasteiger partial charge >= 0.3 is 0 Å². The molecule has 0 bridgehead atoms. The quantitative estimate of drug-likeness (QED) is 0.119. The predicted octanol–water partition coefficient (Wildman–Crippen LogP) is 21.6. The molecule has 0 radical (unpaired) electrons. The van der Waals surface area contributed by atoms with E-state index < -0.39 is 0 Å². The molecule has 0 spiro atoms. The summed E-state index contributed by atoms with van der Waals surface area (Å²) in [4.78, 5) is 0. The Balaban J connectivity index is 0.870. The molecule has 16 aromatic carbocycles. The van der Waals surface area contributed by atoms with E-state index in [1.807, 2.05) is 0 Å². The fourth-order valence-corrected chi connectivity index (χ4v) is 13.2. The number of benzene rings is 16. The smallest absolute Gasteiger partial charge is 0.00199 e. The fourth-order valence-electron chi connectivity index (χ4n) is 13.2. The van der Waals surface area contributed by atoms with Crippen molar-refractivity contribution in [3.05, 3.63) is 279 Å². The van der Waals surface area contributed by atoms with Gasteiger partial charge in [0.1, 0.15) is 0 Å². The van der Waals surface area contributed by atoms with Gasteiger partial charge in [-0.2, -0.15) is 0 Å². The van der Waals surface area contributed by atoms with Crippen LogP contribution in [0.3, 0.4) is 0 Å². The van der Waals surface area contributed by atoms with E-state index in [1.54, 1.807) is 0 Å². The maximum Gasteiger partial charge on any atom is -0.00199 e. The summed E-state index contributed by atoms with van der Waals surface area (Å²) in [5.41, 5.74) is 12.4. The van der Waals surface area contributed by atoms with Gasteiger partial charge in [0.25, 0.3) is 0 Å². The van der Waals surface area contributed by atoms with Crippen molar-refractivity contribution in [2.24, 2.45) is 0 Å². The third kappa shape index (κ3) is 6.51. The number of hydrogen-bond donors (Lipinski definition) is 0. The standard InChI is InChI=1S/C76H46/c1-3-21-51-43-69-55(41-47(51)19-1)45-71(59-29-7-5-27-57(59)69)75-65-35-13-9-31-61(65)73(62-32-10-14-36-66(62)75)53-25-17-23-49(39-53)50-24-18-26-54(40-50)74-63-33-11-15-37-67(63)76(68-38-16-12-34-64(68)74)72-46-56-42-48-20-2-4-22-52(48)44-70(56)58-28-6-8-30-60(58)72/h1-46H. The van der Waals surface area contributed by atoms with Gasteiger partial charge < -0.3 is 0 Å². The Morgan fingerprint density at radius 2 is 0.395 bits per heavy atom. The summed E-state index contributed by atoms with van der Waals surface area (Å²) < 4.78 is 0. The normalized spacial score (nSPS) is 11.9. The first kappa shape index (κ1) is 42.6. The lowest BCUT2D eigenvalue weighted by Crippen LogP contribution is -1.93. The van der Waals surface area contributed by atoms with Gasteiger partial charge in [0.15, 0.2) is 0 Å². The maximum absolute atomic E-state index is 2.44. The second kappa shape index (κ2) is 16.8. The lowest BCUT2D eigenvalue weighted by Gasteiger charge is -2.20. The van der Waals surface area contributed by atoms with E-state index in [9.17, 15) is 0 Å². The van der Waals surface area contributed by atoms with Crippen LogP contribution in [0.4, 0.5) is 0 Å². The first-order chi connectivity index (χ1) is 37.7. The highest BCUT2D eigenvalue weighted by molar-refractivity contribution is 6.28. The Morgan fingerprint density at radius 1 is 0.132 bits per heavy atom. The van der Waals surface area contributed by atoms with Crippen molar-refractivity contribution in [2.75, 3.05) is 0 Å². The van der Waals surface area contributed by atoms with Crippen LogP contribution in [-0.2, 0) is 0 Å². The Morgan fingerprint density at radius 3 is 0.737 bits per heavy atom. The number of rotatable bonds is 5. The van der Waals surface area contributed by atoms with Crippen LogP contribution in [0.2, 0.25) is 0 Å². The third-order valence-corrected chi connectivity index (χ3v) is 16.5. The molecule has 0 aliphatic carbocycles. The third-order valence-electron chi connectivity index (χ3n) is 16.5. The van der Waals surface area contributed by atoms with Gasteiger partial charge in [0.2, 0.25) is 0 Å². The predicted molar refractivity (Wildman–Crippen MR) is 329 cm³/mol. The highest BCUT2D eigenvalue weighted by Crippen LogP contribution is 2.50. The Hall–Kier alpha value is -9.88. The summed E-state index contributed by atoms with van der Waals surface area (Å²) in [6.45, 7) is 0. The average molecular weight is 959 g/mol. The van der Waals surface area contributed by atoms with Crippen LogP contribution in [0.25, 0.3) is 163 Å². The molecule has 0 nitrogen and oxygen atoms in total. The molecule has 16 rings (SSSR count). The zero-order valence-electron chi connectivity index (χ0n) is 41.6. The van der Waals surface area contributed by atoms with Gasteiger partial charge in [-0.1, -0.05) is 231 Å². The molecule has 0 amide bonds. The molecule has 0 fully saturated rings. The summed E-state index contributed by atoms with van der Waals surface area (Å²) in [5.74, 6) is 0. The van der Waals surface area contributed by atoms with Crippen LogP contribution >= 0.6 is 0 Å². The lowest BCUT2D eigenvalue weighted by atomic mass is 9.83. The molecule has 76 heavy (non-hydrogen) atoms. The van der Waals surface area contributed by atoms with Gasteiger partial charge in [-0.3, -0.25) is 0 Å². The first-order valence-electron chi connectivity index (χ1n) is 26.5. The van der Waals surface area contributed by atoms with Crippen molar-refractivity contribution in [3.63, 3.8) is 0 Å². The van der Waals surface area contributed by atoms with E-state index >= 15 is 0 Å². The highest BCUT2D eigenvalue weighted by Gasteiger charge is 2.22. The van der Waals surface area contributed by atoms with Gasteiger partial charge in [-0.15, -0.1) is 0 Å². The summed E-state index contributed by atoms with van der Waals surface area (Å²) >= 11 is 0. The molecular formula is C76H46. The molecule has 350 valence electrons. The van der Waals surface area contributed by atoms with E-state index in [-0.39, 0.29) is 0 Å². The van der Waals surface area contributed by atoms with Crippen LogP contribution in [-0.4, -0.2) is 0 Å². The minimum Gasteiger partial charge on any atom is -0.0616 e. The van der Waals surface area contributed by atoms with Gasteiger partial charge in [-0.05, 0) is 212 Å². The van der Waals surface area contributed by atoms with E-state index in [1.165, 1.54) is 163 Å². The molecule has 0 heteroatoms. The maximum atomic E-state index is 2.44. The fraction of sp³-hybridized carbons (Fsp3) is 0. The first-order valence-corrected chi connectivity index (χ1v) is 26.5. The molecule has 0 unspecified atom stereocenters. The van der Waals surface area contributed by atoms with Crippen LogP contribution in [0.15, 0.2) is 279 Å². The molecule has 16 aromatic rings. The minimum absolute atomic E-state index is 1.18. The summed E-state index contributed by atoms with van der Waals surface area (Å²) in [6.07, 6.45) is 0. The molecule has 0 saturated heterocycles. The number of hydrogen-bond acceptors (Lipinski definition) is 0. The van der Waals surface area contributed by atoms with E-state index in [4.69, 9.17) is 0 Å². The molecule has 0 atom stereocenters. The second-order valence-corrected chi connectivity index (χ2v) is 20.6. The Bertz CT molecular complexity index is 4680. The van der Waals surface area contributed by atoms with Gasteiger partial charge in [0, 0.05) is 0 Å². The zero-order chi connectivity index (χ0) is 49.8. The molecule has 0 N–H and O–H groups in total. The Kier molecular flexibility index (Phi) is 9.44. The monoisotopic (exact) mass is 958 g/mol. The SMILES string of the molecule is c1cc(-c2cccc(-c3c4ccccc4c(-c4cc5cc6ccccc6cc5c5ccccc45)c4ccccc34)c2)cc(-c2c3ccccc3c(-c3cc4cc5ccccc5cc4c4ccccc34)c3ccccc23)c1. The van der Waals surface area contributed by atoms with Gasteiger partial charge in [-0.25, -0.2) is 0 Å². The van der Waals surface area contributed by atoms with Crippen LogP contribution in [0.5, 0.6) is 0 Å². The zero-order valence-corrected chi connectivity index (χ0v) is 41.6. The summed E-state index contributed by atoms with van der Waals surface area (Å²) in [7, 11) is 0. The average Bonchev–Trinajstić information content (AvgIpc) is 3.62. The molecule has 0 saturated carbocycles. The number of fused-ring (bicyclic) bond motifs is 12. The van der Waals surface area contributed by atoms with Crippen molar-refractivity contribution in [1.82, 2.24) is 0 Å². The van der Waals surface area contributed by atoms with Crippen molar-refractivity contribution in [2.45, 2.75) is 0 Å². The molecular weight excluding hydrogens is 913 g/mol. The van der Waals surface area contributed by atoms with E-state index in [2.05, 4.69) is 279 Å². The van der Waals surface area contributed by atoms with Crippen molar-refractivity contribution >= 4 is 108 Å². The molecule has 0 aromatic heterocycles. The van der Waals surface area contributed by atoms with E-state index in [0.717, 1.165) is 0 Å². The van der Waals surface area contributed by atoms with Gasteiger partial charge in [0.05, 0.1) is 0 Å². The highest BCUT2D eigenvalue weighted by atomic mass is 14.3. The second-order valence-electron chi connectivity index (χ2n) is 20.6. The minimum atomic E-state index is 1.18. The van der Waals surface area contributed by atoms with Crippen LogP contribution in [0, 0.1) is 0 Å². The summed E-state index contributed by atoms with van der Waals surface area (Å²) in [5, 5.41) is 25.2. The molecule has 0 aliphatic heterocycles. The van der Waals surface area contributed by atoms with Crippen molar-refractivity contribution in [1.29, 1.82) is 0 Å². The van der Waals surface area contributed by atoms with Crippen LogP contribution in [0.1, 0.15) is 0 Å². The Labute approximate surface area is 440 Å². The summed E-state index contributed by atoms with van der Waals surface area (Å²) in [6, 6.07) is 104. The largest absolute Gasteiger partial charge is 0.0616 e. The van der Waals surface area contributed by atoms with Crippen molar-refractivity contribution in [3.8, 4) is 55.6 Å². The topological polar surface area (TPSA) is 0 Å². The van der Waals surface area contributed by atoms with Crippen LogP contribution < -0.4 is 0 Å². The van der Waals surface area contributed by atoms with E-state index in [0.29, 0.717) is 0 Å².